The van der Waals surface area contributed by atoms with Crippen molar-refractivity contribution >= 4 is 29.9 Å². The predicted molar refractivity (Wildman–Crippen MR) is 99.1 cm³/mol. The summed E-state index contributed by atoms with van der Waals surface area (Å²) >= 11 is 0. The van der Waals surface area contributed by atoms with Gasteiger partial charge in [0.2, 0.25) is 11.8 Å². The van der Waals surface area contributed by atoms with Crippen molar-refractivity contribution in [1.82, 2.24) is 29.4 Å². The van der Waals surface area contributed by atoms with Crippen molar-refractivity contribution in [2.45, 2.75) is 26.2 Å². The number of nitrogens with zero attached hydrogens (tertiary/aromatic N) is 6. The van der Waals surface area contributed by atoms with E-state index in [9.17, 15) is 24.0 Å². The van der Waals surface area contributed by atoms with E-state index in [-0.39, 0.29) is 13.5 Å². The second-order valence-electron chi connectivity index (χ2n) is 7.23. The van der Waals surface area contributed by atoms with Gasteiger partial charge in [0.1, 0.15) is 26.0 Å². The molecule has 0 aromatic carbocycles. The number of carbonyl (C=O) groups excluding carboxylic acids is 5. The number of urea groups is 3. The molecule has 3 heterocycles. The van der Waals surface area contributed by atoms with Gasteiger partial charge in [-0.2, -0.15) is 0 Å². The van der Waals surface area contributed by atoms with Crippen molar-refractivity contribution in [3.8, 4) is 0 Å². The Morgan fingerprint density at radius 2 is 1.27 bits per heavy atom. The number of barbiturate groups is 1. The zero-order valence-electron chi connectivity index (χ0n) is 17.6. The van der Waals surface area contributed by atoms with Gasteiger partial charge < -0.3 is 14.4 Å². The van der Waals surface area contributed by atoms with Gasteiger partial charge in [0, 0.05) is 27.8 Å². The van der Waals surface area contributed by atoms with Crippen molar-refractivity contribution in [2.24, 2.45) is 5.92 Å². The standard InChI is InChI=1S/C17H26N6O7/c1-6-19-11-12(23(9-30-5)17(28)22(11)8-29-4)20(16(19)27)7-21-14(25)10(2)13(24)18(3)15(21)26/h10-12H,6-9H2,1-5H3. The van der Waals surface area contributed by atoms with Crippen LogP contribution in [0.4, 0.5) is 14.4 Å². The number of hydrogen-bond donors (Lipinski definition) is 0. The molecule has 0 saturated carbocycles. The molecule has 0 spiro atoms. The third-order valence-electron chi connectivity index (χ3n) is 5.55. The lowest BCUT2D eigenvalue weighted by Gasteiger charge is -2.37. The Kier molecular flexibility index (Phi) is 5.85. The quantitative estimate of drug-likeness (QED) is 0.496. The molecule has 0 aliphatic carbocycles. The molecule has 30 heavy (non-hydrogen) atoms. The second-order valence-corrected chi connectivity index (χ2v) is 7.23. The lowest BCUT2D eigenvalue weighted by molar-refractivity contribution is -0.148. The number of rotatable bonds is 7. The lowest BCUT2D eigenvalue weighted by Crippen LogP contribution is -2.61. The molecule has 166 valence electrons. The van der Waals surface area contributed by atoms with E-state index in [0.717, 1.165) is 9.80 Å². The number of amides is 8. The molecular weight excluding hydrogens is 400 g/mol. The molecule has 3 unspecified atom stereocenters. The summed E-state index contributed by atoms with van der Waals surface area (Å²) in [7, 11) is 4.13. The molecular formula is C17H26N6O7. The van der Waals surface area contributed by atoms with Crippen molar-refractivity contribution in [1.29, 1.82) is 0 Å². The van der Waals surface area contributed by atoms with Crippen LogP contribution in [0.15, 0.2) is 0 Å². The molecule has 0 bridgehead atoms. The van der Waals surface area contributed by atoms with Gasteiger partial charge in [0.25, 0.3) is 0 Å². The summed E-state index contributed by atoms with van der Waals surface area (Å²) in [5.74, 6) is -2.35. The highest BCUT2D eigenvalue weighted by atomic mass is 16.5. The van der Waals surface area contributed by atoms with Crippen LogP contribution >= 0.6 is 0 Å². The molecule has 8 amide bonds. The van der Waals surface area contributed by atoms with Crippen LogP contribution in [0.25, 0.3) is 0 Å². The minimum Gasteiger partial charge on any atom is -0.364 e. The molecule has 13 nitrogen and oxygen atoms in total. The third-order valence-corrected chi connectivity index (χ3v) is 5.55. The summed E-state index contributed by atoms with van der Waals surface area (Å²) in [6, 6.07) is -1.67. The fraction of sp³-hybridized carbons (Fsp3) is 0.706. The zero-order valence-corrected chi connectivity index (χ0v) is 17.6. The van der Waals surface area contributed by atoms with E-state index >= 15 is 0 Å². The topological polar surface area (TPSA) is 123 Å². The van der Waals surface area contributed by atoms with E-state index in [2.05, 4.69) is 0 Å². The van der Waals surface area contributed by atoms with Crippen LogP contribution in [0.2, 0.25) is 0 Å². The zero-order chi connectivity index (χ0) is 22.3. The Hall–Kier alpha value is -2.93. The van der Waals surface area contributed by atoms with Crippen LogP contribution in [0.5, 0.6) is 0 Å². The van der Waals surface area contributed by atoms with Gasteiger partial charge >= 0.3 is 18.1 Å². The molecule has 13 heteroatoms. The van der Waals surface area contributed by atoms with Crippen LogP contribution in [-0.2, 0) is 19.1 Å². The number of methoxy groups -OCH3 is 2. The molecule has 3 rings (SSSR count). The number of fused-ring (bicyclic) bond motifs is 1. The van der Waals surface area contributed by atoms with Gasteiger partial charge in [0.05, 0.1) is 0 Å². The van der Waals surface area contributed by atoms with Gasteiger partial charge in [0.15, 0.2) is 12.3 Å². The second kappa shape index (κ2) is 8.07. The average Bonchev–Trinajstić information content (AvgIpc) is 3.14. The highest BCUT2D eigenvalue weighted by molar-refractivity contribution is 6.15. The van der Waals surface area contributed by atoms with Gasteiger partial charge in [-0.15, -0.1) is 0 Å². The van der Waals surface area contributed by atoms with Gasteiger partial charge in [-0.05, 0) is 13.8 Å². The normalized spacial score (nSPS) is 27.2. The van der Waals surface area contributed by atoms with E-state index < -0.39 is 54.8 Å². The van der Waals surface area contributed by atoms with Crippen LogP contribution in [-0.4, -0.2) is 120 Å². The smallest absolute Gasteiger partial charge is 0.334 e. The maximum Gasteiger partial charge on any atom is 0.334 e. The van der Waals surface area contributed by atoms with E-state index in [1.165, 1.54) is 47.8 Å². The summed E-state index contributed by atoms with van der Waals surface area (Å²) in [5, 5.41) is 0. The Labute approximate surface area is 173 Å². The maximum absolute atomic E-state index is 13.1. The molecule has 3 aliphatic rings. The Balaban J connectivity index is 1.96. The van der Waals surface area contributed by atoms with Crippen LogP contribution < -0.4 is 0 Å². The molecule has 3 saturated heterocycles. The maximum atomic E-state index is 13.1. The monoisotopic (exact) mass is 426 g/mol. The minimum absolute atomic E-state index is 0.0479. The van der Waals surface area contributed by atoms with Crippen molar-refractivity contribution in [2.75, 3.05) is 47.9 Å². The number of ether oxygens (including phenoxy) is 2. The van der Waals surface area contributed by atoms with Gasteiger partial charge in [-0.1, -0.05) is 0 Å². The lowest BCUT2D eigenvalue weighted by atomic mass is 10.1. The minimum atomic E-state index is -1.05. The molecule has 3 fully saturated rings. The van der Waals surface area contributed by atoms with Crippen LogP contribution in [0.1, 0.15) is 13.8 Å². The first-order chi connectivity index (χ1) is 14.2. The van der Waals surface area contributed by atoms with E-state index in [4.69, 9.17) is 9.47 Å². The molecule has 0 aromatic rings. The molecule has 0 N–H and O–H groups in total. The summed E-state index contributed by atoms with van der Waals surface area (Å²) in [6.45, 7) is 2.92. The van der Waals surface area contributed by atoms with Crippen LogP contribution in [0, 0.1) is 5.92 Å². The molecule has 0 aromatic heterocycles. The summed E-state index contributed by atoms with van der Waals surface area (Å²) < 4.78 is 10.3. The largest absolute Gasteiger partial charge is 0.364 e. The Morgan fingerprint density at radius 3 is 1.77 bits per heavy atom. The summed E-state index contributed by atoms with van der Waals surface area (Å²) in [5.41, 5.74) is 0. The van der Waals surface area contributed by atoms with Gasteiger partial charge in [-0.3, -0.25) is 29.2 Å². The third kappa shape index (κ3) is 3.04. The Morgan fingerprint density at radius 1 is 0.767 bits per heavy atom. The average molecular weight is 426 g/mol. The number of hydrogen-bond acceptors (Lipinski definition) is 7. The SMILES string of the molecule is CCN1C(=O)N(CN2C(=O)C(C)C(=O)N(C)C2=O)C2C1N(COC)C(=O)N2COC. The first kappa shape index (κ1) is 21.8. The molecule has 3 aliphatic heterocycles. The van der Waals surface area contributed by atoms with Crippen molar-refractivity contribution in [3.05, 3.63) is 0 Å². The van der Waals surface area contributed by atoms with Crippen molar-refractivity contribution < 1.29 is 33.4 Å². The highest BCUT2D eigenvalue weighted by Crippen LogP contribution is 2.35. The van der Waals surface area contributed by atoms with E-state index in [1.807, 2.05) is 0 Å². The number of carbonyl (C=O) groups is 5. The summed E-state index contributed by atoms with van der Waals surface area (Å²) in [6.07, 6.45) is -1.49. The summed E-state index contributed by atoms with van der Waals surface area (Å²) in [4.78, 5) is 70.5. The van der Waals surface area contributed by atoms with E-state index in [1.54, 1.807) is 6.92 Å². The fourth-order valence-corrected chi connectivity index (χ4v) is 4.05. The molecule has 0 radical (unpaired) electrons. The first-order valence-electron chi connectivity index (χ1n) is 9.46. The first-order valence-corrected chi connectivity index (χ1v) is 9.46. The highest BCUT2D eigenvalue weighted by Gasteiger charge is 2.59. The number of imide groups is 2. The predicted octanol–water partition coefficient (Wildman–Crippen LogP) is -0.644. The van der Waals surface area contributed by atoms with Crippen molar-refractivity contribution in [3.63, 3.8) is 0 Å². The molecule has 3 atom stereocenters. The number of likely N-dealkylation sites (N-methyl/N-ethyl adjacent to an activating group) is 1. The fourth-order valence-electron chi connectivity index (χ4n) is 4.05. The van der Waals surface area contributed by atoms with Gasteiger partial charge in [-0.25, -0.2) is 19.3 Å². The van der Waals surface area contributed by atoms with Crippen LogP contribution in [0.3, 0.4) is 0 Å². The van der Waals surface area contributed by atoms with E-state index in [0.29, 0.717) is 6.54 Å². The Bertz CT molecular complexity index is 752.